The molecule has 1 heterocycles. The van der Waals surface area contributed by atoms with Gasteiger partial charge in [0.25, 0.3) is 0 Å². The molecule has 1 aliphatic heterocycles. The van der Waals surface area contributed by atoms with Crippen molar-refractivity contribution >= 4 is 5.78 Å². The van der Waals surface area contributed by atoms with E-state index in [2.05, 4.69) is 4.90 Å². The fourth-order valence-electron chi connectivity index (χ4n) is 0.985. The molecule has 9 heavy (non-hydrogen) atoms. The number of Topliss-reactive ketones (excluding diaryl/α,β-unsaturated/α-hetero) is 1. The van der Waals surface area contributed by atoms with Gasteiger partial charge in [-0.2, -0.15) is 0 Å². The fraction of sp³-hybridized carbons (Fsp3) is 0.833. The highest BCUT2D eigenvalue weighted by Gasteiger charge is 2.13. The van der Waals surface area contributed by atoms with Gasteiger partial charge in [0.2, 0.25) is 0 Å². The van der Waals surface area contributed by atoms with Crippen LogP contribution >= 0.6 is 0 Å². The topological polar surface area (TPSA) is 46.3 Å². The fourth-order valence-corrected chi connectivity index (χ4v) is 0.985. The van der Waals surface area contributed by atoms with Crippen molar-refractivity contribution in [2.45, 2.75) is 12.8 Å². The average Bonchev–Trinajstić information content (AvgIpc) is 1.90. The lowest BCUT2D eigenvalue weighted by Crippen LogP contribution is -2.37. The Kier molecular flexibility index (Phi) is 2.19. The number of nitrogens with two attached hydrogens (primary N) is 1. The van der Waals surface area contributed by atoms with Crippen molar-refractivity contribution in [2.24, 2.45) is 5.73 Å². The standard InChI is InChI=1S/C6H12N2O/c7-5-8-3-1-6(9)2-4-8/h1-5,7H2. The van der Waals surface area contributed by atoms with E-state index in [1.807, 2.05) is 0 Å². The van der Waals surface area contributed by atoms with E-state index in [0.29, 0.717) is 25.3 Å². The summed E-state index contributed by atoms with van der Waals surface area (Å²) in [6, 6.07) is 0. The van der Waals surface area contributed by atoms with Crippen molar-refractivity contribution in [3.05, 3.63) is 0 Å². The number of hydrogen-bond donors (Lipinski definition) is 1. The lowest BCUT2D eigenvalue weighted by molar-refractivity contribution is -0.121. The Labute approximate surface area is 54.8 Å². The van der Waals surface area contributed by atoms with Crippen molar-refractivity contribution in [1.29, 1.82) is 0 Å². The minimum absolute atomic E-state index is 0.375. The van der Waals surface area contributed by atoms with Crippen LogP contribution in [-0.4, -0.2) is 30.4 Å². The van der Waals surface area contributed by atoms with Gasteiger partial charge in [0, 0.05) is 32.6 Å². The maximum atomic E-state index is 10.7. The van der Waals surface area contributed by atoms with Gasteiger partial charge in [-0.25, -0.2) is 0 Å². The number of likely N-dealkylation sites (tertiary alicyclic amines) is 1. The van der Waals surface area contributed by atoms with Gasteiger partial charge >= 0.3 is 0 Å². The Morgan fingerprint density at radius 1 is 1.44 bits per heavy atom. The van der Waals surface area contributed by atoms with E-state index >= 15 is 0 Å². The number of piperidine rings is 1. The van der Waals surface area contributed by atoms with E-state index in [-0.39, 0.29) is 0 Å². The van der Waals surface area contributed by atoms with Crippen LogP contribution in [0.15, 0.2) is 0 Å². The van der Waals surface area contributed by atoms with Crippen LogP contribution < -0.4 is 5.73 Å². The lowest BCUT2D eigenvalue weighted by Gasteiger charge is -2.23. The molecule has 52 valence electrons. The van der Waals surface area contributed by atoms with Crippen LogP contribution in [0.5, 0.6) is 0 Å². The van der Waals surface area contributed by atoms with E-state index in [4.69, 9.17) is 5.73 Å². The molecule has 1 aliphatic rings. The third-order valence-corrected chi connectivity index (χ3v) is 1.67. The normalized spacial score (nSPS) is 22.6. The highest BCUT2D eigenvalue weighted by Crippen LogP contribution is 2.02. The van der Waals surface area contributed by atoms with Crippen molar-refractivity contribution in [1.82, 2.24) is 4.90 Å². The van der Waals surface area contributed by atoms with E-state index in [1.54, 1.807) is 0 Å². The van der Waals surface area contributed by atoms with Gasteiger partial charge in [-0.1, -0.05) is 0 Å². The molecule has 0 saturated carbocycles. The molecule has 0 atom stereocenters. The van der Waals surface area contributed by atoms with Crippen molar-refractivity contribution < 1.29 is 4.79 Å². The second-order valence-electron chi connectivity index (χ2n) is 2.34. The zero-order valence-corrected chi connectivity index (χ0v) is 5.47. The Morgan fingerprint density at radius 3 is 2.44 bits per heavy atom. The summed E-state index contributed by atoms with van der Waals surface area (Å²) >= 11 is 0. The largest absolute Gasteiger partial charge is 0.318 e. The summed E-state index contributed by atoms with van der Waals surface area (Å²) in [6.45, 7) is 2.30. The van der Waals surface area contributed by atoms with Crippen LogP contribution in [0.3, 0.4) is 0 Å². The summed E-state index contributed by atoms with van der Waals surface area (Å²) in [5.74, 6) is 0.375. The maximum Gasteiger partial charge on any atom is 0.135 e. The Hall–Kier alpha value is -0.410. The number of ketones is 1. The summed E-state index contributed by atoms with van der Waals surface area (Å²) in [5, 5.41) is 0. The molecule has 0 radical (unpaired) electrons. The summed E-state index contributed by atoms with van der Waals surface area (Å²) in [6.07, 6.45) is 1.38. The second kappa shape index (κ2) is 2.94. The summed E-state index contributed by atoms with van der Waals surface area (Å²) < 4.78 is 0. The van der Waals surface area contributed by atoms with Gasteiger partial charge in [-0.15, -0.1) is 0 Å². The number of rotatable bonds is 1. The molecule has 0 amide bonds. The van der Waals surface area contributed by atoms with Gasteiger partial charge in [-0.05, 0) is 0 Å². The van der Waals surface area contributed by atoms with Gasteiger partial charge in [-0.3, -0.25) is 9.69 Å². The second-order valence-corrected chi connectivity index (χ2v) is 2.34. The molecule has 0 aromatic heterocycles. The smallest absolute Gasteiger partial charge is 0.135 e. The molecular formula is C6H12N2O. The van der Waals surface area contributed by atoms with E-state index in [0.717, 1.165) is 13.1 Å². The molecule has 0 aromatic rings. The molecule has 1 saturated heterocycles. The first-order chi connectivity index (χ1) is 4.33. The first-order valence-electron chi connectivity index (χ1n) is 3.27. The number of carbonyl (C=O) groups is 1. The molecule has 0 spiro atoms. The van der Waals surface area contributed by atoms with Crippen LogP contribution in [0.4, 0.5) is 0 Å². The summed E-state index contributed by atoms with van der Waals surface area (Å²) in [7, 11) is 0. The number of hydrogen-bond acceptors (Lipinski definition) is 3. The van der Waals surface area contributed by atoms with E-state index < -0.39 is 0 Å². The van der Waals surface area contributed by atoms with Crippen LogP contribution in [0.2, 0.25) is 0 Å². The zero-order valence-electron chi connectivity index (χ0n) is 5.47. The monoisotopic (exact) mass is 128 g/mol. The minimum atomic E-state index is 0.375. The molecule has 0 aromatic carbocycles. The first-order valence-corrected chi connectivity index (χ1v) is 3.27. The average molecular weight is 128 g/mol. The van der Waals surface area contributed by atoms with Crippen molar-refractivity contribution in [3.63, 3.8) is 0 Å². The minimum Gasteiger partial charge on any atom is -0.318 e. The number of nitrogens with zero attached hydrogens (tertiary/aromatic N) is 1. The van der Waals surface area contributed by atoms with Gasteiger partial charge in [0.15, 0.2) is 0 Å². The maximum absolute atomic E-state index is 10.7. The molecule has 1 fully saturated rings. The van der Waals surface area contributed by atoms with Gasteiger partial charge in [0.1, 0.15) is 5.78 Å². The highest BCUT2D eigenvalue weighted by atomic mass is 16.1. The molecule has 2 N–H and O–H groups in total. The van der Waals surface area contributed by atoms with E-state index in [9.17, 15) is 4.79 Å². The molecule has 0 unspecified atom stereocenters. The van der Waals surface area contributed by atoms with Crippen LogP contribution in [0, 0.1) is 0 Å². The first kappa shape index (κ1) is 6.71. The van der Waals surface area contributed by atoms with Crippen LogP contribution in [-0.2, 0) is 4.79 Å². The third-order valence-electron chi connectivity index (χ3n) is 1.67. The Bertz CT molecular complexity index is 104. The summed E-state index contributed by atoms with van der Waals surface area (Å²) in [5.41, 5.74) is 5.36. The van der Waals surface area contributed by atoms with Gasteiger partial charge < -0.3 is 5.73 Å². The zero-order chi connectivity index (χ0) is 6.69. The Balaban J connectivity index is 2.26. The predicted octanol–water partition coefficient (Wildman–Crippen LogP) is -0.433. The van der Waals surface area contributed by atoms with Crippen LogP contribution in [0.1, 0.15) is 12.8 Å². The lowest BCUT2D eigenvalue weighted by atomic mass is 10.1. The molecule has 0 aliphatic carbocycles. The third kappa shape index (κ3) is 1.77. The quantitative estimate of drug-likeness (QED) is 0.521. The molecular weight excluding hydrogens is 116 g/mol. The van der Waals surface area contributed by atoms with E-state index in [1.165, 1.54) is 0 Å². The molecule has 0 bridgehead atoms. The molecule has 1 rings (SSSR count). The van der Waals surface area contributed by atoms with Crippen molar-refractivity contribution in [2.75, 3.05) is 19.8 Å². The molecule has 3 nitrogen and oxygen atoms in total. The van der Waals surface area contributed by atoms with Crippen LogP contribution in [0.25, 0.3) is 0 Å². The molecule has 3 heteroatoms. The highest BCUT2D eigenvalue weighted by molar-refractivity contribution is 5.79. The Morgan fingerprint density at radius 2 is 2.00 bits per heavy atom. The predicted molar refractivity (Wildman–Crippen MR) is 34.9 cm³/mol. The summed E-state index contributed by atoms with van der Waals surface area (Å²) in [4.78, 5) is 12.7. The SMILES string of the molecule is NCN1CCC(=O)CC1. The number of carbonyl (C=O) groups excluding carboxylic acids is 1. The van der Waals surface area contributed by atoms with Crippen molar-refractivity contribution in [3.8, 4) is 0 Å². The van der Waals surface area contributed by atoms with Gasteiger partial charge in [0.05, 0.1) is 0 Å².